The smallest absolute Gasteiger partial charge is 0.258 e. The standard InChI is InChI=1S/C19H21N3O3/c1-25-17-7-3-2-6-15(17)13-21(10-11-23)14-16-12-19(24)22-9-5-4-8-18(22)20-16/h2-9,12,23H,10-11,13-14H2,1H3. The van der Waals surface area contributed by atoms with E-state index in [2.05, 4.69) is 4.98 Å². The highest BCUT2D eigenvalue weighted by molar-refractivity contribution is 5.38. The van der Waals surface area contributed by atoms with Crippen molar-refractivity contribution >= 4 is 5.65 Å². The minimum Gasteiger partial charge on any atom is -0.496 e. The van der Waals surface area contributed by atoms with Gasteiger partial charge in [-0.15, -0.1) is 0 Å². The maximum Gasteiger partial charge on any atom is 0.258 e. The van der Waals surface area contributed by atoms with E-state index in [4.69, 9.17) is 4.74 Å². The van der Waals surface area contributed by atoms with Crippen LogP contribution in [0.2, 0.25) is 0 Å². The summed E-state index contributed by atoms with van der Waals surface area (Å²) in [5.41, 5.74) is 2.21. The maximum absolute atomic E-state index is 12.2. The SMILES string of the molecule is COc1ccccc1CN(CCO)Cc1cc(=O)n2ccccc2n1. The van der Waals surface area contributed by atoms with Crippen molar-refractivity contribution in [3.63, 3.8) is 0 Å². The van der Waals surface area contributed by atoms with E-state index < -0.39 is 0 Å². The van der Waals surface area contributed by atoms with Crippen LogP contribution in [0.25, 0.3) is 5.65 Å². The Hall–Kier alpha value is -2.70. The van der Waals surface area contributed by atoms with Crippen LogP contribution in [0.4, 0.5) is 0 Å². The normalized spacial score (nSPS) is 11.2. The summed E-state index contributed by atoms with van der Waals surface area (Å²) in [4.78, 5) is 18.8. The van der Waals surface area contributed by atoms with Crippen LogP contribution < -0.4 is 10.3 Å². The van der Waals surface area contributed by atoms with Crippen LogP contribution in [0.1, 0.15) is 11.3 Å². The molecular formula is C19H21N3O3. The van der Waals surface area contributed by atoms with Crippen LogP contribution in [-0.2, 0) is 13.1 Å². The van der Waals surface area contributed by atoms with Crippen molar-refractivity contribution in [3.8, 4) is 5.75 Å². The van der Waals surface area contributed by atoms with Crippen molar-refractivity contribution in [1.29, 1.82) is 0 Å². The fourth-order valence-electron chi connectivity index (χ4n) is 2.84. The highest BCUT2D eigenvalue weighted by Gasteiger charge is 2.12. The number of para-hydroxylation sites is 1. The van der Waals surface area contributed by atoms with Gasteiger partial charge in [-0.2, -0.15) is 0 Å². The lowest BCUT2D eigenvalue weighted by Crippen LogP contribution is -2.28. The number of methoxy groups -OCH3 is 1. The lowest BCUT2D eigenvalue weighted by molar-refractivity contribution is 0.181. The van der Waals surface area contributed by atoms with Gasteiger partial charge in [0.1, 0.15) is 11.4 Å². The molecule has 0 unspecified atom stereocenters. The van der Waals surface area contributed by atoms with Crippen molar-refractivity contribution in [2.45, 2.75) is 13.1 Å². The molecule has 0 bridgehead atoms. The van der Waals surface area contributed by atoms with E-state index in [0.717, 1.165) is 11.3 Å². The number of ether oxygens (including phenoxy) is 1. The number of nitrogens with zero attached hydrogens (tertiary/aromatic N) is 3. The van der Waals surface area contributed by atoms with E-state index in [9.17, 15) is 9.90 Å². The van der Waals surface area contributed by atoms with Crippen molar-refractivity contribution in [2.24, 2.45) is 0 Å². The molecule has 0 amide bonds. The first-order valence-corrected chi connectivity index (χ1v) is 8.13. The topological polar surface area (TPSA) is 67.1 Å². The molecule has 1 N–H and O–H groups in total. The molecule has 3 aromatic rings. The highest BCUT2D eigenvalue weighted by Crippen LogP contribution is 2.20. The Morgan fingerprint density at radius 1 is 1.16 bits per heavy atom. The Morgan fingerprint density at radius 2 is 1.96 bits per heavy atom. The van der Waals surface area contributed by atoms with Gasteiger partial charge in [0, 0.05) is 37.5 Å². The number of aliphatic hydroxyl groups is 1. The second-order valence-corrected chi connectivity index (χ2v) is 5.76. The molecular weight excluding hydrogens is 318 g/mol. The monoisotopic (exact) mass is 339 g/mol. The summed E-state index contributed by atoms with van der Waals surface area (Å²) in [6.07, 6.45) is 1.70. The number of fused-ring (bicyclic) bond motifs is 1. The van der Waals surface area contributed by atoms with Gasteiger partial charge >= 0.3 is 0 Å². The van der Waals surface area contributed by atoms with Gasteiger partial charge in [0.05, 0.1) is 19.4 Å². The quantitative estimate of drug-likeness (QED) is 0.710. The van der Waals surface area contributed by atoms with Gasteiger partial charge in [0.25, 0.3) is 5.56 Å². The first kappa shape index (κ1) is 17.1. The van der Waals surface area contributed by atoms with E-state index in [1.54, 1.807) is 25.4 Å². The van der Waals surface area contributed by atoms with Crippen molar-refractivity contribution in [2.75, 3.05) is 20.3 Å². The Bertz CT molecular complexity index is 908. The van der Waals surface area contributed by atoms with Gasteiger partial charge in [0.2, 0.25) is 0 Å². The van der Waals surface area contributed by atoms with Crippen LogP contribution in [0.15, 0.2) is 59.5 Å². The number of benzene rings is 1. The van der Waals surface area contributed by atoms with Crippen LogP contribution >= 0.6 is 0 Å². The van der Waals surface area contributed by atoms with Crippen LogP contribution in [0.3, 0.4) is 0 Å². The van der Waals surface area contributed by atoms with Gasteiger partial charge in [0.15, 0.2) is 0 Å². The zero-order valence-corrected chi connectivity index (χ0v) is 14.1. The molecule has 0 spiro atoms. The summed E-state index contributed by atoms with van der Waals surface area (Å²) >= 11 is 0. The van der Waals surface area contributed by atoms with E-state index in [1.807, 2.05) is 41.3 Å². The van der Waals surface area contributed by atoms with Gasteiger partial charge in [-0.1, -0.05) is 24.3 Å². The molecule has 25 heavy (non-hydrogen) atoms. The molecule has 6 nitrogen and oxygen atoms in total. The summed E-state index contributed by atoms with van der Waals surface area (Å²) in [5, 5.41) is 9.39. The van der Waals surface area contributed by atoms with Gasteiger partial charge in [-0.05, 0) is 18.2 Å². The Balaban J connectivity index is 1.85. The largest absolute Gasteiger partial charge is 0.496 e. The Kier molecular flexibility index (Phi) is 5.42. The molecule has 130 valence electrons. The third kappa shape index (κ3) is 4.04. The predicted molar refractivity (Wildman–Crippen MR) is 95.7 cm³/mol. The first-order chi connectivity index (χ1) is 12.2. The molecule has 0 aliphatic rings. The van der Waals surface area contributed by atoms with Crippen LogP contribution in [-0.4, -0.2) is 39.7 Å². The molecule has 0 atom stereocenters. The summed E-state index contributed by atoms with van der Waals surface area (Å²) in [5.74, 6) is 0.803. The molecule has 0 aliphatic carbocycles. The molecule has 2 heterocycles. The number of pyridine rings is 1. The fraction of sp³-hybridized carbons (Fsp3) is 0.263. The Morgan fingerprint density at radius 3 is 2.76 bits per heavy atom. The third-order valence-electron chi connectivity index (χ3n) is 4.01. The molecule has 3 rings (SSSR count). The lowest BCUT2D eigenvalue weighted by Gasteiger charge is -2.22. The number of hydrogen-bond acceptors (Lipinski definition) is 5. The fourth-order valence-corrected chi connectivity index (χ4v) is 2.84. The van der Waals surface area contributed by atoms with Gasteiger partial charge in [-0.3, -0.25) is 14.1 Å². The predicted octanol–water partition coefficient (Wildman–Crippen LogP) is 1.70. The average Bonchev–Trinajstić information content (AvgIpc) is 2.62. The van der Waals surface area contributed by atoms with Crippen LogP contribution in [0, 0.1) is 0 Å². The highest BCUT2D eigenvalue weighted by atomic mass is 16.5. The van der Waals surface area contributed by atoms with E-state index in [-0.39, 0.29) is 12.2 Å². The molecule has 0 saturated carbocycles. The zero-order chi connectivity index (χ0) is 17.6. The van der Waals surface area contributed by atoms with Crippen molar-refractivity contribution in [3.05, 3.63) is 76.3 Å². The third-order valence-corrected chi connectivity index (χ3v) is 4.01. The first-order valence-electron chi connectivity index (χ1n) is 8.13. The number of aromatic nitrogens is 2. The molecule has 2 aromatic heterocycles. The summed E-state index contributed by atoms with van der Waals surface area (Å²) in [6.45, 7) is 1.58. The molecule has 0 saturated heterocycles. The minimum absolute atomic E-state index is 0.0295. The molecule has 0 aliphatic heterocycles. The zero-order valence-electron chi connectivity index (χ0n) is 14.1. The number of aliphatic hydroxyl groups excluding tert-OH is 1. The second kappa shape index (κ2) is 7.92. The van der Waals surface area contributed by atoms with Crippen molar-refractivity contribution < 1.29 is 9.84 Å². The van der Waals surface area contributed by atoms with Gasteiger partial charge in [-0.25, -0.2) is 4.98 Å². The van der Waals surface area contributed by atoms with Crippen LogP contribution in [0.5, 0.6) is 5.75 Å². The molecule has 1 aromatic carbocycles. The number of hydrogen-bond donors (Lipinski definition) is 1. The van der Waals surface area contributed by atoms with E-state index >= 15 is 0 Å². The maximum atomic E-state index is 12.2. The summed E-state index contributed by atoms with van der Waals surface area (Å²) in [6, 6.07) is 14.8. The summed E-state index contributed by atoms with van der Waals surface area (Å²) < 4.78 is 6.91. The minimum atomic E-state index is -0.109. The van der Waals surface area contributed by atoms with Crippen molar-refractivity contribution in [1.82, 2.24) is 14.3 Å². The molecule has 0 radical (unpaired) electrons. The van der Waals surface area contributed by atoms with E-state index in [1.165, 1.54) is 4.40 Å². The average molecular weight is 339 g/mol. The second-order valence-electron chi connectivity index (χ2n) is 5.76. The molecule has 6 heteroatoms. The van der Waals surface area contributed by atoms with E-state index in [0.29, 0.717) is 31.0 Å². The summed E-state index contributed by atoms with van der Waals surface area (Å²) in [7, 11) is 1.64. The number of rotatable bonds is 7. The Labute approximate surface area is 145 Å². The lowest BCUT2D eigenvalue weighted by atomic mass is 10.2. The van der Waals surface area contributed by atoms with Gasteiger partial charge < -0.3 is 9.84 Å². The molecule has 0 fully saturated rings.